The lowest BCUT2D eigenvalue weighted by Gasteiger charge is -2.22. The molecule has 4 unspecified atom stereocenters. The first kappa shape index (κ1) is 8.59. The molecule has 2 fully saturated rings. The van der Waals surface area contributed by atoms with Crippen molar-refractivity contribution < 1.29 is 0 Å². The molecule has 2 aliphatic rings. The monoisotopic (exact) mass is 166 g/mol. The van der Waals surface area contributed by atoms with Crippen molar-refractivity contribution in [1.82, 2.24) is 0 Å². The molecule has 0 amide bonds. The van der Waals surface area contributed by atoms with E-state index in [0.29, 0.717) is 0 Å². The Morgan fingerprint density at radius 3 is 2.25 bits per heavy atom. The van der Waals surface area contributed by atoms with Crippen LogP contribution >= 0.6 is 0 Å². The van der Waals surface area contributed by atoms with Gasteiger partial charge in [-0.1, -0.05) is 33.1 Å². The van der Waals surface area contributed by atoms with Gasteiger partial charge < -0.3 is 0 Å². The quantitative estimate of drug-likeness (QED) is 0.555. The Bertz CT molecular complexity index is 150. The summed E-state index contributed by atoms with van der Waals surface area (Å²) in [6.45, 7) is 4.90. The van der Waals surface area contributed by atoms with Crippen LogP contribution in [0, 0.1) is 23.7 Å². The van der Waals surface area contributed by atoms with Crippen LogP contribution < -0.4 is 0 Å². The summed E-state index contributed by atoms with van der Waals surface area (Å²) < 4.78 is 0. The SMILES string of the molecule is CC1CCC(C2CCCC2C)C1. The third-order valence-corrected chi connectivity index (χ3v) is 4.27. The molecule has 0 spiro atoms. The largest absolute Gasteiger partial charge is 0.0625 e. The molecule has 0 N–H and O–H groups in total. The fraction of sp³-hybridized carbons (Fsp3) is 1.00. The third kappa shape index (κ3) is 1.53. The minimum Gasteiger partial charge on any atom is -0.0625 e. The highest BCUT2D eigenvalue weighted by atomic mass is 14.4. The lowest BCUT2D eigenvalue weighted by atomic mass is 9.83. The van der Waals surface area contributed by atoms with E-state index in [1.165, 1.54) is 32.1 Å². The van der Waals surface area contributed by atoms with Crippen molar-refractivity contribution in [3.8, 4) is 0 Å². The number of rotatable bonds is 1. The molecular formula is C12H22. The van der Waals surface area contributed by atoms with Gasteiger partial charge in [0.05, 0.1) is 0 Å². The van der Waals surface area contributed by atoms with Crippen molar-refractivity contribution in [3.63, 3.8) is 0 Å². The normalized spacial score (nSPS) is 48.5. The maximum absolute atomic E-state index is 2.47. The van der Waals surface area contributed by atoms with E-state index < -0.39 is 0 Å². The maximum atomic E-state index is 2.47. The summed E-state index contributed by atoms with van der Waals surface area (Å²) in [6.07, 6.45) is 9.14. The summed E-state index contributed by atoms with van der Waals surface area (Å²) in [5.41, 5.74) is 0. The van der Waals surface area contributed by atoms with Crippen LogP contribution in [0.2, 0.25) is 0 Å². The molecule has 0 aliphatic heterocycles. The van der Waals surface area contributed by atoms with Gasteiger partial charge in [0.25, 0.3) is 0 Å². The van der Waals surface area contributed by atoms with Crippen LogP contribution in [0.4, 0.5) is 0 Å². The first-order valence-electron chi connectivity index (χ1n) is 5.77. The zero-order chi connectivity index (χ0) is 8.55. The van der Waals surface area contributed by atoms with Gasteiger partial charge in [0.15, 0.2) is 0 Å². The van der Waals surface area contributed by atoms with E-state index in [-0.39, 0.29) is 0 Å². The fourth-order valence-corrected chi connectivity index (χ4v) is 3.51. The van der Waals surface area contributed by atoms with Crippen LogP contribution in [0.15, 0.2) is 0 Å². The van der Waals surface area contributed by atoms with E-state index in [4.69, 9.17) is 0 Å². The Hall–Kier alpha value is 0. The Morgan fingerprint density at radius 1 is 0.917 bits per heavy atom. The van der Waals surface area contributed by atoms with Gasteiger partial charge in [0, 0.05) is 0 Å². The lowest BCUT2D eigenvalue weighted by molar-refractivity contribution is 0.274. The predicted molar refractivity (Wildman–Crippen MR) is 53.0 cm³/mol. The van der Waals surface area contributed by atoms with Gasteiger partial charge in [-0.05, 0) is 42.9 Å². The Balaban J connectivity index is 1.91. The van der Waals surface area contributed by atoms with E-state index in [9.17, 15) is 0 Å². The molecule has 12 heavy (non-hydrogen) atoms. The van der Waals surface area contributed by atoms with Crippen molar-refractivity contribution >= 4 is 0 Å². The van der Waals surface area contributed by atoms with E-state index in [2.05, 4.69) is 13.8 Å². The van der Waals surface area contributed by atoms with E-state index in [1.54, 1.807) is 6.42 Å². The van der Waals surface area contributed by atoms with Crippen LogP contribution in [0.1, 0.15) is 52.4 Å². The van der Waals surface area contributed by atoms with Crippen molar-refractivity contribution in [3.05, 3.63) is 0 Å². The topological polar surface area (TPSA) is 0 Å². The second kappa shape index (κ2) is 3.40. The summed E-state index contributed by atoms with van der Waals surface area (Å²) in [6, 6.07) is 0. The second-order valence-electron chi connectivity index (χ2n) is 5.25. The first-order valence-corrected chi connectivity index (χ1v) is 5.77. The molecule has 4 atom stereocenters. The van der Waals surface area contributed by atoms with Crippen molar-refractivity contribution in [1.29, 1.82) is 0 Å². The maximum Gasteiger partial charge on any atom is -0.0360 e. The summed E-state index contributed by atoms with van der Waals surface area (Å²) in [7, 11) is 0. The van der Waals surface area contributed by atoms with Gasteiger partial charge in [-0.2, -0.15) is 0 Å². The predicted octanol–water partition coefficient (Wildman–Crippen LogP) is 3.86. The Labute approximate surface area is 76.7 Å². The molecule has 0 heteroatoms. The molecule has 0 nitrogen and oxygen atoms in total. The van der Waals surface area contributed by atoms with Gasteiger partial charge in [0.1, 0.15) is 0 Å². The molecule has 0 heterocycles. The molecule has 0 radical (unpaired) electrons. The van der Waals surface area contributed by atoms with Crippen molar-refractivity contribution in [2.45, 2.75) is 52.4 Å². The Kier molecular flexibility index (Phi) is 2.43. The van der Waals surface area contributed by atoms with Crippen molar-refractivity contribution in [2.24, 2.45) is 23.7 Å². The molecule has 2 saturated carbocycles. The minimum absolute atomic E-state index is 1.03. The number of hydrogen-bond acceptors (Lipinski definition) is 0. The highest BCUT2D eigenvalue weighted by molar-refractivity contribution is 4.85. The zero-order valence-corrected chi connectivity index (χ0v) is 8.55. The lowest BCUT2D eigenvalue weighted by Crippen LogP contribution is -2.14. The molecule has 0 aromatic rings. The summed E-state index contributed by atoms with van der Waals surface area (Å²) >= 11 is 0. The van der Waals surface area contributed by atoms with Gasteiger partial charge in [-0.3, -0.25) is 0 Å². The van der Waals surface area contributed by atoms with Gasteiger partial charge >= 0.3 is 0 Å². The molecular weight excluding hydrogens is 144 g/mol. The average molecular weight is 166 g/mol. The van der Waals surface area contributed by atoms with Crippen LogP contribution in [-0.2, 0) is 0 Å². The molecule has 2 rings (SSSR count). The van der Waals surface area contributed by atoms with Crippen LogP contribution in [0.5, 0.6) is 0 Å². The Morgan fingerprint density at radius 2 is 1.75 bits per heavy atom. The van der Waals surface area contributed by atoms with Crippen LogP contribution in [0.3, 0.4) is 0 Å². The van der Waals surface area contributed by atoms with Gasteiger partial charge in [-0.25, -0.2) is 0 Å². The smallest absolute Gasteiger partial charge is 0.0360 e. The van der Waals surface area contributed by atoms with E-state index in [0.717, 1.165) is 23.7 Å². The molecule has 0 bridgehead atoms. The van der Waals surface area contributed by atoms with Gasteiger partial charge in [0.2, 0.25) is 0 Å². The molecule has 2 aliphatic carbocycles. The average Bonchev–Trinajstić information content (AvgIpc) is 2.58. The first-order chi connectivity index (χ1) is 5.77. The highest BCUT2D eigenvalue weighted by Crippen LogP contribution is 2.45. The number of hydrogen-bond donors (Lipinski definition) is 0. The fourth-order valence-electron chi connectivity index (χ4n) is 3.51. The minimum atomic E-state index is 1.03. The molecule has 0 aromatic heterocycles. The molecule has 70 valence electrons. The molecule has 0 saturated heterocycles. The van der Waals surface area contributed by atoms with E-state index in [1.807, 2.05) is 0 Å². The molecule has 0 aromatic carbocycles. The summed E-state index contributed by atoms with van der Waals surface area (Å²) in [5, 5.41) is 0. The standard InChI is InChI=1S/C12H22/c1-9-6-7-11(8-9)12-5-3-4-10(12)2/h9-12H,3-8H2,1-2H3. The zero-order valence-electron chi connectivity index (χ0n) is 8.55. The van der Waals surface area contributed by atoms with Crippen LogP contribution in [-0.4, -0.2) is 0 Å². The second-order valence-corrected chi connectivity index (χ2v) is 5.25. The van der Waals surface area contributed by atoms with Crippen molar-refractivity contribution in [2.75, 3.05) is 0 Å². The highest BCUT2D eigenvalue weighted by Gasteiger charge is 2.34. The van der Waals surface area contributed by atoms with Gasteiger partial charge in [-0.15, -0.1) is 0 Å². The summed E-state index contributed by atoms with van der Waals surface area (Å²) in [4.78, 5) is 0. The van der Waals surface area contributed by atoms with Crippen LogP contribution in [0.25, 0.3) is 0 Å². The summed E-state index contributed by atoms with van der Waals surface area (Å²) in [5.74, 6) is 4.29. The van der Waals surface area contributed by atoms with E-state index >= 15 is 0 Å². The third-order valence-electron chi connectivity index (χ3n) is 4.27.